The monoisotopic (exact) mass is 1030 g/mol. The second-order valence-electron chi connectivity index (χ2n) is 29.6. The quantitative estimate of drug-likeness (QED) is 0.108. The molecule has 1 aliphatic heterocycles. The number of hydrogen-bond acceptors (Lipinski definition) is 5. The predicted molar refractivity (Wildman–Crippen MR) is 305 cm³/mol. The molecular formula is C69H105N2O4+. The molecule has 6 nitrogen and oxygen atoms in total. The smallest absolute Gasteiger partial charge is 0.337 e. The normalized spacial score (nSPS) is 39.3. The van der Waals surface area contributed by atoms with Crippen LogP contribution in [-0.4, -0.2) is 24.1 Å². The van der Waals surface area contributed by atoms with Gasteiger partial charge in [0.25, 0.3) is 0 Å². The molecule has 10 rings (SSSR count). The van der Waals surface area contributed by atoms with Gasteiger partial charge in [-0.25, -0.2) is 14.2 Å². The van der Waals surface area contributed by atoms with Gasteiger partial charge in [-0.1, -0.05) is 131 Å². The number of nitrogens with zero attached hydrogens (tertiary/aromatic N) is 1. The van der Waals surface area contributed by atoms with Crippen LogP contribution in [0.5, 0.6) is 0 Å². The molecule has 0 saturated heterocycles. The summed E-state index contributed by atoms with van der Waals surface area (Å²) in [4.78, 5) is 30.0. The number of fused-ring (bicyclic) bond motifs is 10. The van der Waals surface area contributed by atoms with Crippen molar-refractivity contribution < 1.29 is 23.6 Å². The molecule has 0 aromatic carbocycles. The number of nitrogens with one attached hydrogen (secondary N) is 1. The molecule has 0 bridgehead atoms. The first-order valence-corrected chi connectivity index (χ1v) is 31.6. The lowest BCUT2D eigenvalue weighted by molar-refractivity contribution is -0.671. The maximum Gasteiger partial charge on any atom is 0.337 e. The molecular weight excluding hydrogens is 921 g/mol. The van der Waals surface area contributed by atoms with Gasteiger partial charge in [0.2, 0.25) is 0 Å². The highest BCUT2D eigenvalue weighted by atomic mass is 16.5. The summed E-state index contributed by atoms with van der Waals surface area (Å²) < 4.78 is 15.5. The van der Waals surface area contributed by atoms with Crippen molar-refractivity contribution in [3.63, 3.8) is 0 Å². The van der Waals surface area contributed by atoms with E-state index < -0.39 is 5.92 Å². The van der Waals surface area contributed by atoms with Gasteiger partial charge in [-0.2, -0.15) is 0 Å². The minimum Gasteiger partial charge on any atom is -0.459 e. The lowest BCUT2D eigenvalue weighted by atomic mass is 9.47. The molecule has 2 heterocycles. The molecule has 1 aromatic heterocycles. The van der Waals surface area contributed by atoms with Crippen LogP contribution in [0.2, 0.25) is 0 Å². The van der Waals surface area contributed by atoms with Crippen LogP contribution in [0.4, 0.5) is 0 Å². The summed E-state index contributed by atoms with van der Waals surface area (Å²) in [6, 6.07) is 4.08. The third kappa shape index (κ3) is 10.0. The molecule has 0 radical (unpaired) electrons. The zero-order valence-corrected chi connectivity index (χ0v) is 49.8. The highest BCUT2D eigenvalue weighted by Crippen LogP contribution is 2.69. The third-order valence-electron chi connectivity index (χ3n) is 24.6. The Labute approximate surface area is 457 Å². The summed E-state index contributed by atoms with van der Waals surface area (Å²) in [5.41, 5.74) is 7.82. The minimum atomic E-state index is -0.597. The topological polar surface area (TPSA) is 68.5 Å². The average Bonchev–Trinajstić information content (AvgIpc) is 3.91. The van der Waals surface area contributed by atoms with Gasteiger partial charge in [-0.3, -0.25) is 0 Å². The van der Waals surface area contributed by atoms with Crippen LogP contribution >= 0.6 is 0 Å². The van der Waals surface area contributed by atoms with Crippen molar-refractivity contribution >= 4 is 11.9 Å². The first-order valence-electron chi connectivity index (χ1n) is 31.6. The van der Waals surface area contributed by atoms with E-state index in [1.807, 2.05) is 37.7 Å². The molecule has 6 saturated carbocycles. The zero-order chi connectivity index (χ0) is 53.4. The Kier molecular flexibility index (Phi) is 15.8. The summed E-state index contributed by atoms with van der Waals surface area (Å²) in [6.45, 7) is 29.2. The van der Waals surface area contributed by atoms with Gasteiger partial charge >= 0.3 is 11.9 Å². The van der Waals surface area contributed by atoms with Gasteiger partial charge in [0.05, 0.1) is 17.1 Å². The van der Waals surface area contributed by atoms with Crippen LogP contribution in [0.25, 0.3) is 0 Å². The summed E-state index contributed by atoms with van der Waals surface area (Å²) in [5, 5.41) is 3.51. The Morgan fingerprint density at radius 3 is 1.49 bits per heavy atom. The minimum absolute atomic E-state index is 0.169. The number of carbonyl (C=O) groups is 2. The van der Waals surface area contributed by atoms with Crippen molar-refractivity contribution in [3.8, 4) is 0 Å². The van der Waals surface area contributed by atoms with E-state index in [9.17, 15) is 0 Å². The average molecular weight is 1030 g/mol. The molecule has 0 amide bonds. The van der Waals surface area contributed by atoms with E-state index in [1.54, 1.807) is 0 Å². The Morgan fingerprint density at radius 1 is 0.613 bits per heavy atom. The maximum absolute atomic E-state index is 15.0. The first kappa shape index (κ1) is 55.2. The van der Waals surface area contributed by atoms with Crippen molar-refractivity contribution in [2.75, 3.05) is 0 Å². The fourth-order valence-corrected chi connectivity index (χ4v) is 20.6. The van der Waals surface area contributed by atoms with E-state index in [2.05, 4.69) is 99.0 Å². The van der Waals surface area contributed by atoms with Crippen LogP contribution in [0.1, 0.15) is 236 Å². The van der Waals surface area contributed by atoms with Crippen molar-refractivity contribution in [2.24, 2.45) is 99.7 Å². The molecule has 0 unspecified atom stereocenters. The summed E-state index contributed by atoms with van der Waals surface area (Å²) >= 11 is 0. The van der Waals surface area contributed by atoms with Gasteiger partial charge in [-0.15, -0.1) is 0 Å². The Morgan fingerprint density at radius 2 is 1.07 bits per heavy atom. The number of hydrogen-bond donors (Lipinski definition) is 1. The summed E-state index contributed by atoms with van der Waals surface area (Å²) in [7, 11) is 2.01. The molecule has 16 atom stereocenters. The highest BCUT2D eigenvalue weighted by Gasteiger charge is 2.61. The van der Waals surface area contributed by atoms with E-state index in [-0.39, 0.29) is 35.0 Å². The first-order chi connectivity index (χ1) is 35.7. The summed E-state index contributed by atoms with van der Waals surface area (Å²) in [5.74, 6) is 8.34. The Bertz CT molecular complexity index is 2280. The largest absolute Gasteiger partial charge is 0.459 e. The Balaban J connectivity index is 0.809. The van der Waals surface area contributed by atoms with E-state index in [0.717, 1.165) is 115 Å². The molecule has 6 fully saturated rings. The van der Waals surface area contributed by atoms with E-state index in [0.29, 0.717) is 33.8 Å². The second kappa shape index (κ2) is 21.5. The molecule has 9 aliphatic rings. The van der Waals surface area contributed by atoms with Crippen molar-refractivity contribution in [3.05, 3.63) is 75.9 Å². The predicted octanol–water partition coefficient (Wildman–Crippen LogP) is 16.7. The number of ether oxygens (including phenoxy) is 2. The van der Waals surface area contributed by atoms with Crippen LogP contribution in [0, 0.1) is 92.7 Å². The molecule has 1 aromatic rings. The number of pyridine rings is 1. The van der Waals surface area contributed by atoms with Gasteiger partial charge in [0.1, 0.15) is 19.3 Å². The number of aromatic nitrogens is 1. The van der Waals surface area contributed by atoms with Crippen LogP contribution in [-0.2, 0) is 26.1 Å². The van der Waals surface area contributed by atoms with Crippen LogP contribution in [0.3, 0.4) is 0 Å². The number of allylic oxidation sites excluding steroid dienone is 4. The standard InChI is InChI=1S/C69H104N2O4/c1-42(2)17-14-19-44(5)55-26-28-57-53-24-22-49-39-51(30-34-66(49,9)59(53)32-36-68(55,57)11)74-64(72)61-46(7)70-47(8)62(63(61)48-21-16-38-71(13)41-48)65(73)75-52-31-35-67(10)50(40-52)23-25-54-58-29-27-56(45(6)20-15-18-43(3)4)69(58,12)37-33-60(54)67/h16,21-23,38,41-45,51-60,63H,14-15,17-20,24-37,39-40H2,1-13H3/p+1/t44-,45-,51+,52+,53+,54+,55-,56-,57+,58+,59+,60+,66+,67+,68-,69-/m1/s1. The van der Waals surface area contributed by atoms with Crippen LogP contribution < -0.4 is 9.88 Å². The number of carbonyl (C=O) groups excluding carboxylic acids is 2. The van der Waals surface area contributed by atoms with Gasteiger partial charge < -0.3 is 14.8 Å². The van der Waals surface area contributed by atoms with Crippen molar-refractivity contribution in [1.29, 1.82) is 0 Å². The second-order valence-corrected chi connectivity index (χ2v) is 29.6. The van der Waals surface area contributed by atoms with E-state index in [4.69, 9.17) is 9.47 Å². The van der Waals surface area contributed by atoms with Crippen molar-refractivity contribution in [2.45, 2.75) is 242 Å². The van der Waals surface area contributed by atoms with E-state index in [1.165, 1.54) is 114 Å². The van der Waals surface area contributed by atoms with Crippen LogP contribution in [0.15, 0.2) is 70.4 Å². The molecule has 8 aliphatic carbocycles. The highest BCUT2D eigenvalue weighted by molar-refractivity contribution is 6.00. The fourth-order valence-electron chi connectivity index (χ4n) is 20.6. The SMILES string of the molecule is CC1=C(C(=O)O[C@H]2CC[C@@]3(C)C(=CC[C@H]4[C@@H]5CC[C@H]([C@H](C)CCCC(C)C)[C@@]5(C)CC[C@@H]43)C2)C(c2ccc[n+](C)c2)C(C(=O)O[C@H]2CC[C@@]3(C)C(=CC[C@H]4[C@@H]5CC[C@H]([C@H](C)CCCC(C)C)[C@@]5(C)CC[C@@H]43)C2)=C(C)N1. The zero-order valence-electron chi connectivity index (χ0n) is 49.8. The number of dihydropyridines is 1. The summed E-state index contributed by atoms with van der Waals surface area (Å²) in [6.07, 6.45) is 36.1. The maximum atomic E-state index is 15.0. The number of esters is 2. The van der Waals surface area contributed by atoms with Gasteiger partial charge in [-0.05, 0) is 202 Å². The molecule has 75 heavy (non-hydrogen) atoms. The molecule has 6 heteroatoms. The molecule has 414 valence electrons. The third-order valence-corrected chi connectivity index (χ3v) is 24.6. The van der Waals surface area contributed by atoms with Gasteiger partial charge in [0.15, 0.2) is 12.4 Å². The lowest BCUT2D eigenvalue weighted by Crippen LogP contribution is -2.51. The van der Waals surface area contributed by atoms with Crippen molar-refractivity contribution in [1.82, 2.24) is 5.32 Å². The number of rotatable bonds is 15. The molecule has 0 spiro atoms. The van der Waals surface area contributed by atoms with Gasteiger partial charge in [0, 0.05) is 35.9 Å². The number of aryl methyl sites for hydroxylation is 1. The fraction of sp³-hybridized carbons (Fsp3) is 0.783. The lowest BCUT2D eigenvalue weighted by Gasteiger charge is -2.58. The molecule has 1 N–H and O–H groups in total. The Hall–Kier alpha value is -3.15. The van der Waals surface area contributed by atoms with E-state index >= 15 is 9.59 Å².